The summed E-state index contributed by atoms with van der Waals surface area (Å²) in [6.07, 6.45) is 7.87. The molecule has 2 aliphatic rings. The molecular weight excluding hydrogens is 220 g/mol. The number of carbonyl (C=O) groups is 3. The number of allylic oxidation sites excluding steroid dienone is 2. The minimum Gasteiger partial charge on any atom is -0.351 e. The highest BCUT2D eigenvalue weighted by Crippen LogP contribution is 2.37. The maximum absolute atomic E-state index is 11.8. The first-order valence-corrected chi connectivity index (χ1v) is 5.22. The van der Waals surface area contributed by atoms with Crippen LogP contribution in [0.5, 0.6) is 0 Å². The predicted octanol–water partition coefficient (Wildman–Crippen LogP) is -0.326. The van der Waals surface area contributed by atoms with Gasteiger partial charge in [0.25, 0.3) is 0 Å². The van der Waals surface area contributed by atoms with E-state index in [-0.39, 0.29) is 24.3 Å². The Bertz CT molecular complexity index is 464. The van der Waals surface area contributed by atoms with Crippen LogP contribution < -0.4 is 10.6 Å². The summed E-state index contributed by atoms with van der Waals surface area (Å²) in [4.78, 5) is 34.6. The van der Waals surface area contributed by atoms with Gasteiger partial charge in [0, 0.05) is 6.54 Å². The molecule has 0 spiro atoms. The first-order chi connectivity index (χ1) is 8.10. The van der Waals surface area contributed by atoms with E-state index in [0.29, 0.717) is 0 Å². The van der Waals surface area contributed by atoms with Crippen LogP contribution in [0.25, 0.3) is 0 Å². The lowest BCUT2D eigenvalue weighted by Crippen LogP contribution is -2.44. The van der Waals surface area contributed by atoms with Crippen LogP contribution in [0.2, 0.25) is 0 Å². The first kappa shape index (κ1) is 11.3. The quantitative estimate of drug-likeness (QED) is 0.517. The van der Waals surface area contributed by atoms with E-state index < -0.39 is 11.3 Å². The summed E-state index contributed by atoms with van der Waals surface area (Å²) in [6, 6.07) is 0. The summed E-state index contributed by atoms with van der Waals surface area (Å²) in [5.41, 5.74) is -0.996. The van der Waals surface area contributed by atoms with Gasteiger partial charge in [-0.1, -0.05) is 30.9 Å². The van der Waals surface area contributed by atoms with E-state index in [0.717, 1.165) is 6.08 Å². The highest BCUT2D eigenvalue weighted by molar-refractivity contribution is 6.10. The van der Waals surface area contributed by atoms with Crippen molar-refractivity contribution in [2.75, 3.05) is 6.54 Å². The van der Waals surface area contributed by atoms with Crippen molar-refractivity contribution in [3.05, 3.63) is 37.0 Å². The van der Waals surface area contributed by atoms with Crippen molar-refractivity contribution in [3.8, 4) is 0 Å². The van der Waals surface area contributed by atoms with E-state index in [1.54, 1.807) is 24.3 Å². The minimum atomic E-state index is -0.996. The van der Waals surface area contributed by atoms with Crippen molar-refractivity contribution in [3.63, 3.8) is 0 Å². The fourth-order valence-electron chi connectivity index (χ4n) is 2.08. The second-order valence-corrected chi connectivity index (χ2v) is 4.00. The smallest absolute Gasteiger partial charge is 0.243 e. The minimum absolute atomic E-state index is 0.0843. The SMILES string of the molecule is C=CC(=O)NCC12C=CC=CC1C(=O)NC2=O. The second-order valence-electron chi connectivity index (χ2n) is 4.00. The number of hydrogen-bond acceptors (Lipinski definition) is 3. The lowest BCUT2D eigenvalue weighted by atomic mass is 9.74. The van der Waals surface area contributed by atoms with Crippen LogP contribution in [0.4, 0.5) is 0 Å². The molecule has 0 radical (unpaired) electrons. The van der Waals surface area contributed by atoms with E-state index in [9.17, 15) is 14.4 Å². The third-order valence-electron chi connectivity index (χ3n) is 3.05. The van der Waals surface area contributed by atoms with Gasteiger partial charge < -0.3 is 5.32 Å². The molecule has 2 atom stereocenters. The molecule has 2 unspecified atom stereocenters. The van der Waals surface area contributed by atoms with Crippen molar-refractivity contribution in [2.45, 2.75) is 0 Å². The van der Waals surface area contributed by atoms with Crippen LogP contribution in [0, 0.1) is 11.3 Å². The van der Waals surface area contributed by atoms with Crippen LogP contribution in [0.15, 0.2) is 37.0 Å². The van der Waals surface area contributed by atoms with Gasteiger partial charge in [-0.2, -0.15) is 0 Å². The van der Waals surface area contributed by atoms with Crippen molar-refractivity contribution in [2.24, 2.45) is 11.3 Å². The number of fused-ring (bicyclic) bond motifs is 1. The zero-order valence-electron chi connectivity index (χ0n) is 9.10. The van der Waals surface area contributed by atoms with Gasteiger partial charge >= 0.3 is 0 Å². The van der Waals surface area contributed by atoms with Gasteiger partial charge in [0.15, 0.2) is 0 Å². The standard InChI is InChI=1S/C12H12N2O3/c1-2-9(15)13-7-12-6-4-3-5-8(12)10(16)14-11(12)17/h2-6,8H,1,7H2,(H,13,15)(H,14,16,17). The van der Waals surface area contributed by atoms with Crippen LogP contribution >= 0.6 is 0 Å². The molecule has 88 valence electrons. The summed E-state index contributed by atoms with van der Waals surface area (Å²) in [6.45, 7) is 3.41. The second kappa shape index (κ2) is 4.01. The number of rotatable bonds is 3. The van der Waals surface area contributed by atoms with Gasteiger partial charge in [-0.05, 0) is 6.08 Å². The maximum Gasteiger partial charge on any atom is 0.243 e. The van der Waals surface area contributed by atoms with Crippen LogP contribution in [0.3, 0.4) is 0 Å². The zero-order valence-corrected chi connectivity index (χ0v) is 9.10. The number of amides is 3. The Labute approximate surface area is 98.3 Å². The molecule has 1 saturated heterocycles. The molecular formula is C12H12N2O3. The molecule has 2 N–H and O–H groups in total. The summed E-state index contributed by atoms with van der Waals surface area (Å²) in [5.74, 6) is -1.63. The number of nitrogens with one attached hydrogen (secondary N) is 2. The molecule has 0 saturated carbocycles. The van der Waals surface area contributed by atoms with Gasteiger partial charge in [-0.3, -0.25) is 19.7 Å². The van der Waals surface area contributed by atoms with Crippen LogP contribution in [-0.2, 0) is 14.4 Å². The number of imide groups is 1. The van der Waals surface area contributed by atoms with Crippen molar-refractivity contribution in [1.29, 1.82) is 0 Å². The van der Waals surface area contributed by atoms with Crippen LogP contribution in [-0.4, -0.2) is 24.3 Å². The van der Waals surface area contributed by atoms with E-state index in [4.69, 9.17) is 0 Å². The fourth-order valence-corrected chi connectivity index (χ4v) is 2.08. The molecule has 1 fully saturated rings. The topological polar surface area (TPSA) is 75.3 Å². The van der Waals surface area contributed by atoms with Gasteiger partial charge in [0.05, 0.1) is 5.92 Å². The molecule has 5 heteroatoms. The van der Waals surface area contributed by atoms with Gasteiger partial charge in [-0.25, -0.2) is 0 Å². The molecule has 5 nitrogen and oxygen atoms in total. The van der Waals surface area contributed by atoms with Crippen molar-refractivity contribution in [1.82, 2.24) is 10.6 Å². The average Bonchev–Trinajstić information content (AvgIpc) is 2.59. The third-order valence-corrected chi connectivity index (χ3v) is 3.05. The Balaban J connectivity index is 2.25. The predicted molar refractivity (Wildman–Crippen MR) is 60.6 cm³/mol. The van der Waals surface area contributed by atoms with E-state index in [2.05, 4.69) is 17.2 Å². The average molecular weight is 232 g/mol. The Morgan fingerprint density at radius 3 is 3.00 bits per heavy atom. The van der Waals surface area contributed by atoms with Crippen molar-refractivity contribution >= 4 is 17.7 Å². The molecule has 17 heavy (non-hydrogen) atoms. The molecule has 1 aliphatic heterocycles. The number of hydrogen-bond donors (Lipinski definition) is 2. The molecule has 0 bridgehead atoms. The normalized spacial score (nSPS) is 29.8. The Morgan fingerprint density at radius 1 is 1.53 bits per heavy atom. The molecule has 2 rings (SSSR count). The van der Waals surface area contributed by atoms with Crippen molar-refractivity contribution < 1.29 is 14.4 Å². The Hall–Kier alpha value is -2.17. The summed E-state index contributed by atoms with van der Waals surface area (Å²) >= 11 is 0. The van der Waals surface area contributed by atoms with Crippen LogP contribution in [0.1, 0.15) is 0 Å². The summed E-state index contributed by atoms with van der Waals surface area (Å²) < 4.78 is 0. The molecule has 1 heterocycles. The molecule has 3 amide bonds. The maximum atomic E-state index is 11.8. The van der Waals surface area contributed by atoms with E-state index >= 15 is 0 Å². The summed E-state index contributed by atoms with van der Waals surface area (Å²) in [5, 5.41) is 4.84. The summed E-state index contributed by atoms with van der Waals surface area (Å²) in [7, 11) is 0. The molecule has 0 aromatic heterocycles. The number of carbonyl (C=O) groups excluding carboxylic acids is 3. The third kappa shape index (κ3) is 1.69. The fraction of sp³-hybridized carbons (Fsp3) is 0.250. The molecule has 0 aromatic carbocycles. The highest BCUT2D eigenvalue weighted by atomic mass is 16.2. The highest BCUT2D eigenvalue weighted by Gasteiger charge is 2.53. The molecule has 1 aliphatic carbocycles. The van der Waals surface area contributed by atoms with E-state index in [1.165, 1.54) is 0 Å². The van der Waals surface area contributed by atoms with E-state index in [1.807, 2.05) is 0 Å². The van der Waals surface area contributed by atoms with Gasteiger partial charge in [0.1, 0.15) is 5.41 Å². The first-order valence-electron chi connectivity index (χ1n) is 5.22. The Kier molecular flexibility index (Phi) is 2.67. The monoisotopic (exact) mass is 232 g/mol. The molecule has 0 aromatic rings. The lowest BCUT2D eigenvalue weighted by Gasteiger charge is -2.28. The Morgan fingerprint density at radius 2 is 2.29 bits per heavy atom. The van der Waals surface area contributed by atoms with Gasteiger partial charge in [0.2, 0.25) is 17.7 Å². The zero-order chi connectivity index (χ0) is 12.5. The lowest BCUT2D eigenvalue weighted by molar-refractivity contribution is -0.127. The van der Waals surface area contributed by atoms with Gasteiger partial charge in [-0.15, -0.1) is 0 Å². The largest absolute Gasteiger partial charge is 0.351 e.